The van der Waals surface area contributed by atoms with Gasteiger partial charge < -0.3 is 10.5 Å². The van der Waals surface area contributed by atoms with Crippen LogP contribution < -0.4 is 10.5 Å². The fraction of sp³-hybridized carbons (Fsp3) is 0.200. The summed E-state index contributed by atoms with van der Waals surface area (Å²) in [5.41, 5.74) is 9.45. The largest absolute Gasteiger partial charge is 0.492 e. The van der Waals surface area contributed by atoms with Crippen LogP contribution in [0, 0.1) is 0 Å². The average Bonchev–Trinajstić information content (AvgIpc) is 3.09. The number of hydrogen-bond donors (Lipinski definition) is 1. The van der Waals surface area contributed by atoms with Crippen molar-refractivity contribution in [1.29, 1.82) is 0 Å². The van der Waals surface area contributed by atoms with Crippen molar-refractivity contribution < 1.29 is 9.53 Å². The lowest BCUT2D eigenvalue weighted by Crippen LogP contribution is -2.10. The van der Waals surface area contributed by atoms with Gasteiger partial charge in [0.05, 0.1) is 12.2 Å². The lowest BCUT2D eigenvalue weighted by molar-refractivity contribution is 0.103. The number of halogens is 2. The predicted octanol–water partition coefficient (Wildman–Crippen LogP) is 4.26. The first-order valence-electron chi connectivity index (χ1n) is 8.08. The van der Waals surface area contributed by atoms with Gasteiger partial charge in [-0.2, -0.15) is 0 Å². The lowest BCUT2D eigenvalue weighted by atomic mass is 9.92. The third kappa shape index (κ3) is 3.28. The number of ketones is 1. The number of pyridine rings is 1. The molecule has 2 N–H and O–H groups in total. The Morgan fingerprint density at radius 3 is 2.73 bits per heavy atom. The molecule has 0 aliphatic carbocycles. The van der Waals surface area contributed by atoms with Crippen LogP contribution in [0.1, 0.15) is 40.0 Å². The molecular formula is C20H20Cl2N2O2. The molecule has 2 aromatic carbocycles. The Morgan fingerprint density at radius 1 is 1.15 bits per heavy atom. The first kappa shape index (κ1) is 20.2. The molecule has 0 unspecified atom stereocenters. The number of rotatable bonds is 3. The van der Waals surface area contributed by atoms with Crippen molar-refractivity contribution in [2.75, 3.05) is 6.61 Å². The maximum Gasteiger partial charge on any atom is 0.197 e. The van der Waals surface area contributed by atoms with Crippen LogP contribution in [0.15, 0.2) is 48.8 Å². The van der Waals surface area contributed by atoms with E-state index < -0.39 is 0 Å². The highest BCUT2D eigenvalue weighted by atomic mass is 35.5. The average molecular weight is 391 g/mol. The molecule has 0 amide bonds. The molecule has 0 radical (unpaired) electrons. The molecule has 6 heteroatoms. The van der Waals surface area contributed by atoms with E-state index in [0.29, 0.717) is 23.5 Å². The van der Waals surface area contributed by atoms with E-state index >= 15 is 0 Å². The number of fused-ring (bicyclic) bond motifs is 2. The molecule has 1 aromatic heterocycles. The normalized spacial score (nSPS) is 13.2. The van der Waals surface area contributed by atoms with Crippen LogP contribution in [0.3, 0.4) is 0 Å². The molecule has 1 aliphatic heterocycles. The van der Waals surface area contributed by atoms with Crippen molar-refractivity contribution in [2.24, 2.45) is 5.73 Å². The van der Waals surface area contributed by atoms with Crippen molar-refractivity contribution in [3.63, 3.8) is 0 Å². The van der Waals surface area contributed by atoms with Crippen molar-refractivity contribution >= 4 is 41.4 Å². The number of nitrogens with two attached hydrogens (primary N) is 1. The Kier molecular flexibility index (Phi) is 6.24. The zero-order chi connectivity index (χ0) is 16.7. The van der Waals surface area contributed by atoms with Gasteiger partial charge in [-0.3, -0.25) is 9.78 Å². The van der Waals surface area contributed by atoms with E-state index in [2.05, 4.69) is 4.98 Å². The molecular weight excluding hydrogens is 371 g/mol. The van der Waals surface area contributed by atoms with Crippen LogP contribution in [0.4, 0.5) is 0 Å². The highest BCUT2D eigenvalue weighted by Crippen LogP contribution is 2.36. The monoisotopic (exact) mass is 390 g/mol. The van der Waals surface area contributed by atoms with Gasteiger partial charge in [-0.15, -0.1) is 24.8 Å². The smallest absolute Gasteiger partial charge is 0.197 e. The van der Waals surface area contributed by atoms with Gasteiger partial charge >= 0.3 is 0 Å². The molecule has 4 rings (SSSR count). The maximum absolute atomic E-state index is 13.2. The maximum atomic E-state index is 13.2. The van der Waals surface area contributed by atoms with Crippen LogP contribution in [0.25, 0.3) is 10.8 Å². The molecule has 136 valence electrons. The molecule has 2 heterocycles. The SMILES string of the molecule is C[C@@H](N)c1ccc(C(=O)c2cccc3cnccc23)c2c1CCO2.Cl.Cl. The number of nitrogens with zero attached hydrogens (tertiary/aromatic N) is 1. The molecule has 1 atom stereocenters. The minimum atomic E-state index is -0.0757. The second-order valence-corrected chi connectivity index (χ2v) is 6.13. The first-order chi connectivity index (χ1) is 11.7. The van der Waals surface area contributed by atoms with Gasteiger partial charge in [0.25, 0.3) is 0 Å². The molecule has 26 heavy (non-hydrogen) atoms. The lowest BCUT2D eigenvalue weighted by Gasteiger charge is -2.14. The molecule has 0 saturated carbocycles. The van der Waals surface area contributed by atoms with Crippen molar-refractivity contribution in [2.45, 2.75) is 19.4 Å². The fourth-order valence-corrected chi connectivity index (χ4v) is 3.39. The van der Waals surface area contributed by atoms with E-state index in [-0.39, 0.29) is 36.6 Å². The molecule has 0 spiro atoms. The number of carbonyl (C=O) groups excluding carboxylic acids is 1. The molecule has 0 bridgehead atoms. The summed E-state index contributed by atoms with van der Waals surface area (Å²) in [4.78, 5) is 17.3. The minimum absolute atomic E-state index is 0. The Bertz CT molecular complexity index is 952. The fourth-order valence-electron chi connectivity index (χ4n) is 3.39. The zero-order valence-corrected chi connectivity index (χ0v) is 15.9. The third-order valence-corrected chi connectivity index (χ3v) is 4.56. The number of hydrogen-bond acceptors (Lipinski definition) is 4. The van der Waals surface area contributed by atoms with Gasteiger partial charge in [0, 0.05) is 41.4 Å². The van der Waals surface area contributed by atoms with E-state index in [9.17, 15) is 4.79 Å². The summed E-state index contributed by atoms with van der Waals surface area (Å²) in [6, 6.07) is 11.3. The number of ether oxygens (including phenoxy) is 1. The van der Waals surface area contributed by atoms with Crippen LogP contribution in [0.5, 0.6) is 5.75 Å². The predicted molar refractivity (Wildman–Crippen MR) is 108 cm³/mol. The van der Waals surface area contributed by atoms with Gasteiger partial charge in [0.1, 0.15) is 5.75 Å². The highest BCUT2D eigenvalue weighted by molar-refractivity contribution is 6.17. The summed E-state index contributed by atoms with van der Waals surface area (Å²) in [6.45, 7) is 2.55. The summed E-state index contributed by atoms with van der Waals surface area (Å²) < 4.78 is 5.79. The molecule has 3 aromatic rings. The second kappa shape index (κ2) is 8.04. The van der Waals surface area contributed by atoms with E-state index in [1.807, 2.05) is 43.3 Å². The standard InChI is InChI=1S/C20H18N2O2.2ClH/c1-12(21)14-5-6-18(20-17(14)8-10-24-20)19(23)16-4-2-3-13-11-22-9-7-15(13)16;;/h2-7,9,11-12H,8,10,21H2,1H3;2*1H/t12-;;/m1../s1. The van der Waals surface area contributed by atoms with Crippen LogP contribution in [-0.2, 0) is 6.42 Å². The minimum Gasteiger partial charge on any atom is -0.492 e. The third-order valence-electron chi connectivity index (χ3n) is 4.56. The topological polar surface area (TPSA) is 65.2 Å². The number of carbonyl (C=O) groups is 1. The Hall–Kier alpha value is -2.14. The van der Waals surface area contributed by atoms with Gasteiger partial charge in [-0.1, -0.05) is 24.3 Å². The second-order valence-electron chi connectivity index (χ2n) is 6.13. The summed E-state index contributed by atoms with van der Waals surface area (Å²) in [6.07, 6.45) is 4.28. The summed E-state index contributed by atoms with van der Waals surface area (Å²) in [5.74, 6) is 0.669. The Labute approximate surface area is 164 Å². The van der Waals surface area contributed by atoms with Crippen molar-refractivity contribution in [3.05, 3.63) is 71.0 Å². The molecule has 0 fully saturated rings. The summed E-state index contributed by atoms with van der Waals surface area (Å²) in [5, 5.41) is 1.86. The molecule has 1 aliphatic rings. The summed E-state index contributed by atoms with van der Waals surface area (Å²) in [7, 11) is 0. The highest BCUT2D eigenvalue weighted by Gasteiger charge is 2.26. The molecule has 4 nitrogen and oxygen atoms in total. The Balaban J connectivity index is 0.00000121. The quantitative estimate of drug-likeness (QED) is 0.678. The van der Waals surface area contributed by atoms with Gasteiger partial charge in [0.15, 0.2) is 5.78 Å². The van der Waals surface area contributed by atoms with E-state index in [1.54, 1.807) is 12.4 Å². The number of aromatic nitrogens is 1. The van der Waals surface area contributed by atoms with Crippen LogP contribution in [-0.4, -0.2) is 17.4 Å². The van der Waals surface area contributed by atoms with E-state index in [4.69, 9.17) is 10.5 Å². The van der Waals surface area contributed by atoms with Gasteiger partial charge in [0.2, 0.25) is 0 Å². The van der Waals surface area contributed by atoms with E-state index in [0.717, 1.165) is 28.3 Å². The van der Waals surface area contributed by atoms with Crippen molar-refractivity contribution in [3.8, 4) is 5.75 Å². The van der Waals surface area contributed by atoms with E-state index in [1.165, 1.54) is 0 Å². The molecule has 0 saturated heterocycles. The first-order valence-corrected chi connectivity index (χ1v) is 8.08. The Morgan fingerprint density at radius 2 is 1.96 bits per heavy atom. The van der Waals surface area contributed by atoms with Gasteiger partial charge in [-0.05, 0) is 30.0 Å². The van der Waals surface area contributed by atoms with Crippen LogP contribution >= 0.6 is 24.8 Å². The van der Waals surface area contributed by atoms with Gasteiger partial charge in [-0.25, -0.2) is 0 Å². The van der Waals surface area contributed by atoms with Crippen molar-refractivity contribution in [1.82, 2.24) is 4.98 Å². The number of benzene rings is 2. The van der Waals surface area contributed by atoms with Crippen LogP contribution in [0.2, 0.25) is 0 Å². The summed E-state index contributed by atoms with van der Waals surface area (Å²) >= 11 is 0. The zero-order valence-electron chi connectivity index (χ0n) is 14.3.